The first-order valence-corrected chi connectivity index (χ1v) is 5.52. The molecule has 0 aromatic carbocycles. The van der Waals surface area contributed by atoms with E-state index in [0.29, 0.717) is 0 Å². The summed E-state index contributed by atoms with van der Waals surface area (Å²) >= 11 is 0. The van der Waals surface area contributed by atoms with Crippen molar-refractivity contribution in [1.29, 1.82) is 0 Å². The Morgan fingerprint density at radius 2 is 1.09 bits per heavy atom. The summed E-state index contributed by atoms with van der Waals surface area (Å²) in [6, 6.07) is 0. The average molecular weight is 405 g/mol. The summed E-state index contributed by atoms with van der Waals surface area (Å²) in [6.07, 6.45) is -2.29. The van der Waals surface area contributed by atoms with E-state index in [-0.39, 0.29) is 58.3 Å². The fourth-order valence-electron chi connectivity index (χ4n) is 0.714. The number of phosphoric acid groups is 1. The number of aliphatic carboxylic acids is 3. The van der Waals surface area contributed by atoms with Crippen LogP contribution in [-0.2, 0) is 36.0 Å². The Hall–Kier alpha value is -0.0805. The monoisotopic (exact) mass is 405 g/mol. The number of hydrogen-bond donors (Lipinski definition) is 8. The molecular weight excluding hydrogens is 388 g/mol. The van der Waals surface area contributed by atoms with E-state index in [1.807, 2.05) is 0 Å². The van der Waals surface area contributed by atoms with Crippen LogP contribution in [0.3, 0.4) is 0 Å². The molecule has 12 N–H and O–H groups in total. The Balaban J connectivity index is -0.0000000627. The van der Waals surface area contributed by atoms with Gasteiger partial charge in [0.2, 0.25) is 0 Å². The van der Waals surface area contributed by atoms with Crippen molar-refractivity contribution in [3.63, 3.8) is 0 Å². The van der Waals surface area contributed by atoms with Crippen molar-refractivity contribution in [2.45, 2.75) is 18.4 Å². The van der Waals surface area contributed by atoms with Gasteiger partial charge < -0.3 is 46.7 Å². The summed E-state index contributed by atoms with van der Waals surface area (Å²) in [5, 5.41) is 33.8. The Morgan fingerprint density at radius 1 is 0.909 bits per heavy atom. The van der Waals surface area contributed by atoms with Crippen molar-refractivity contribution < 1.29 is 76.6 Å². The van der Waals surface area contributed by atoms with Gasteiger partial charge in [-0.25, -0.2) is 9.36 Å². The summed E-state index contributed by atoms with van der Waals surface area (Å²) in [5.41, 5.74) is -2.74. The zero-order chi connectivity index (χ0) is 15.1. The average Bonchev–Trinajstić information content (AvgIpc) is 1.95. The van der Waals surface area contributed by atoms with E-state index < -0.39 is 44.2 Å². The third-order valence-electron chi connectivity index (χ3n) is 1.29. The van der Waals surface area contributed by atoms with Gasteiger partial charge in [-0.05, 0) is 0 Å². The molecule has 0 saturated carbocycles. The normalized spacial score (nSPS) is 9.09. The summed E-state index contributed by atoms with van der Waals surface area (Å²) in [7, 11) is -4.64. The van der Waals surface area contributed by atoms with Crippen LogP contribution in [0.4, 0.5) is 0 Å². The number of carboxylic acid groups (broad SMARTS) is 3. The van der Waals surface area contributed by atoms with Crippen LogP contribution < -0.4 is 6.15 Å². The topological polar surface area (TPSA) is 276 Å². The van der Waals surface area contributed by atoms with Crippen molar-refractivity contribution >= 4 is 55.3 Å². The molecule has 0 rings (SSSR count). The summed E-state index contributed by atoms with van der Waals surface area (Å²) in [6.45, 7) is 0. The molecule has 0 amide bonds. The molecule has 0 radical (unpaired) electrons. The van der Waals surface area contributed by atoms with E-state index in [2.05, 4.69) is 0 Å². The minimum absolute atomic E-state index is 0. The molecular formula is C6H17FeNNaO12P. The van der Waals surface area contributed by atoms with Crippen LogP contribution in [0.2, 0.25) is 0 Å². The number of carbonyl (C=O) groups is 3. The summed E-state index contributed by atoms with van der Waals surface area (Å²) < 4.78 is 8.88. The van der Waals surface area contributed by atoms with Gasteiger partial charge in [-0.3, -0.25) is 9.59 Å². The van der Waals surface area contributed by atoms with Crippen molar-refractivity contribution in [3.8, 4) is 0 Å². The van der Waals surface area contributed by atoms with E-state index in [1.165, 1.54) is 0 Å². The number of hydrogen-bond acceptors (Lipinski definition) is 6. The second kappa shape index (κ2) is 15.8. The maximum atomic E-state index is 10.3. The molecule has 0 atom stereocenters. The van der Waals surface area contributed by atoms with Gasteiger partial charge >= 0.3 is 55.3 Å². The molecule has 0 aromatic rings. The zero-order valence-corrected chi connectivity index (χ0v) is 12.2. The van der Waals surface area contributed by atoms with Gasteiger partial charge in [-0.2, -0.15) is 0 Å². The van der Waals surface area contributed by atoms with E-state index >= 15 is 0 Å². The van der Waals surface area contributed by atoms with Crippen molar-refractivity contribution in [1.82, 2.24) is 6.15 Å². The second-order valence-corrected chi connectivity index (χ2v) is 4.02. The first-order chi connectivity index (χ1) is 7.78. The van der Waals surface area contributed by atoms with Crippen LogP contribution >= 0.6 is 7.82 Å². The van der Waals surface area contributed by atoms with E-state index in [4.69, 9.17) is 39.7 Å². The van der Waals surface area contributed by atoms with Gasteiger partial charge in [0.25, 0.3) is 0 Å². The zero-order valence-electron chi connectivity index (χ0n) is 10.2. The molecule has 16 heteroatoms. The van der Waals surface area contributed by atoms with E-state index in [0.717, 1.165) is 0 Å². The standard InChI is InChI=1S/C6H8O7.Fe.H3N.Na.H3O4P.H2O.H/c7-3(8)1-6(13,5(11)12)2-4(9)10;;;;1-5(2,3)4;;/h13H,1-2H2,(H,7,8)(H,9,10)(H,11,12);;1H3;;(H3,1,2,3,4);1H2;. The molecule has 0 heterocycles. The molecule has 0 aliphatic rings. The van der Waals surface area contributed by atoms with Crippen molar-refractivity contribution in [2.24, 2.45) is 0 Å². The predicted octanol–water partition coefficient (Wildman–Crippen LogP) is -3.49. The third kappa shape index (κ3) is 28.1. The van der Waals surface area contributed by atoms with Crippen LogP contribution in [0.15, 0.2) is 0 Å². The second-order valence-electron chi connectivity index (χ2n) is 2.99. The summed E-state index contributed by atoms with van der Waals surface area (Å²) in [4.78, 5) is 52.0. The van der Waals surface area contributed by atoms with Crippen LogP contribution in [0.5, 0.6) is 0 Å². The van der Waals surface area contributed by atoms with Gasteiger partial charge in [-0.1, -0.05) is 0 Å². The Kier molecular flexibility index (Phi) is 27.2. The molecule has 0 aliphatic heterocycles. The molecule has 0 unspecified atom stereocenters. The van der Waals surface area contributed by atoms with Crippen LogP contribution in [0, 0.1) is 0 Å². The first kappa shape index (κ1) is 37.9. The van der Waals surface area contributed by atoms with E-state index in [9.17, 15) is 14.4 Å². The number of carboxylic acids is 3. The van der Waals surface area contributed by atoms with Crippen LogP contribution in [0.1, 0.15) is 12.8 Å². The fourth-order valence-corrected chi connectivity index (χ4v) is 0.714. The number of rotatable bonds is 5. The summed E-state index contributed by atoms with van der Waals surface area (Å²) in [5.74, 6) is -5.02. The van der Waals surface area contributed by atoms with Crippen LogP contribution in [-0.4, -0.2) is 93.6 Å². The molecule has 0 aliphatic carbocycles. The molecule has 22 heavy (non-hydrogen) atoms. The third-order valence-corrected chi connectivity index (χ3v) is 1.29. The Labute approximate surface area is 156 Å². The minimum atomic E-state index is -4.64. The van der Waals surface area contributed by atoms with Gasteiger partial charge in [0, 0.05) is 17.1 Å². The molecule has 0 fully saturated rings. The van der Waals surface area contributed by atoms with Gasteiger partial charge in [0.1, 0.15) is 0 Å². The molecule has 0 aromatic heterocycles. The first-order valence-electron chi connectivity index (χ1n) is 3.95. The van der Waals surface area contributed by atoms with E-state index in [1.54, 1.807) is 0 Å². The van der Waals surface area contributed by atoms with Gasteiger partial charge in [-0.15, -0.1) is 0 Å². The molecule has 0 bridgehead atoms. The van der Waals surface area contributed by atoms with Crippen LogP contribution in [0.25, 0.3) is 0 Å². The molecule has 13 nitrogen and oxygen atoms in total. The Morgan fingerprint density at radius 3 is 1.18 bits per heavy atom. The molecule has 0 spiro atoms. The van der Waals surface area contributed by atoms with Gasteiger partial charge in [0.15, 0.2) is 5.60 Å². The predicted molar refractivity (Wildman–Crippen MR) is 67.1 cm³/mol. The fraction of sp³-hybridized carbons (Fsp3) is 0.500. The number of aliphatic hydroxyl groups is 1. The molecule has 132 valence electrons. The Bertz CT molecular complexity index is 362. The van der Waals surface area contributed by atoms with Crippen molar-refractivity contribution in [3.05, 3.63) is 0 Å². The van der Waals surface area contributed by atoms with Crippen molar-refractivity contribution in [2.75, 3.05) is 0 Å². The van der Waals surface area contributed by atoms with Gasteiger partial charge in [0.05, 0.1) is 12.8 Å². The SMILES string of the molecule is N.O.O=C(O)CC(O)(CC(=O)O)C(=O)O.O=P(O)(O)O.[Fe].[NaH]. The quantitative estimate of drug-likeness (QED) is 0.163. The molecule has 0 saturated heterocycles. The maximum absolute atomic E-state index is 10.3.